The number of rotatable bonds is 5. The van der Waals surface area contributed by atoms with Gasteiger partial charge in [-0.2, -0.15) is 0 Å². The van der Waals surface area contributed by atoms with Crippen molar-refractivity contribution in [2.24, 2.45) is 0 Å². The monoisotopic (exact) mass is 229 g/mol. The lowest BCUT2D eigenvalue weighted by atomic mass is 10.4. The van der Waals surface area contributed by atoms with Crippen LogP contribution >= 0.6 is 11.6 Å². The van der Waals surface area contributed by atoms with Gasteiger partial charge in [0, 0.05) is 6.54 Å². The zero-order valence-electron chi connectivity index (χ0n) is 8.36. The molecule has 1 heterocycles. The summed E-state index contributed by atoms with van der Waals surface area (Å²) in [5, 5.41) is 3.23. The van der Waals surface area contributed by atoms with Gasteiger partial charge in [-0.3, -0.25) is 9.78 Å². The van der Waals surface area contributed by atoms with Gasteiger partial charge in [-0.25, -0.2) is 4.98 Å². The molecule has 0 saturated carbocycles. The third kappa shape index (κ3) is 4.60. The maximum absolute atomic E-state index is 11.0. The Kier molecular flexibility index (Phi) is 4.83. The molecule has 0 saturated heterocycles. The van der Waals surface area contributed by atoms with Gasteiger partial charge in [0.2, 0.25) is 0 Å². The highest BCUT2D eigenvalue weighted by Crippen LogP contribution is 2.06. The van der Waals surface area contributed by atoms with Crippen LogP contribution in [0.15, 0.2) is 12.4 Å². The number of halogens is 1. The molecule has 0 bridgehead atoms. The number of hydrogen-bond acceptors (Lipinski definition) is 5. The highest BCUT2D eigenvalue weighted by Gasteiger charge is 2.01. The van der Waals surface area contributed by atoms with Crippen molar-refractivity contribution in [2.75, 3.05) is 18.5 Å². The summed E-state index contributed by atoms with van der Waals surface area (Å²) < 4.78 is 4.76. The predicted octanol–water partition coefficient (Wildman–Crippen LogP) is 1.50. The fourth-order valence-electron chi connectivity index (χ4n) is 0.953. The van der Waals surface area contributed by atoms with Crippen LogP contribution in [0.2, 0.25) is 5.15 Å². The van der Waals surface area contributed by atoms with Crippen molar-refractivity contribution in [3.8, 4) is 0 Å². The molecule has 0 radical (unpaired) electrons. The largest absolute Gasteiger partial charge is 0.466 e. The molecule has 1 aromatic heterocycles. The van der Waals surface area contributed by atoms with Crippen molar-refractivity contribution in [3.63, 3.8) is 0 Å². The van der Waals surface area contributed by atoms with E-state index in [4.69, 9.17) is 16.3 Å². The summed E-state index contributed by atoms with van der Waals surface area (Å²) in [6.45, 7) is 2.62. The molecule has 1 aromatic rings. The van der Waals surface area contributed by atoms with Gasteiger partial charge in [-0.15, -0.1) is 0 Å². The van der Waals surface area contributed by atoms with Gasteiger partial charge in [-0.1, -0.05) is 11.6 Å². The summed E-state index contributed by atoms with van der Waals surface area (Å²) in [4.78, 5) is 18.8. The Hall–Kier alpha value is -1.36. The normalized spacial score (nSPS) is 9.73. The van der Waals surface area contributed by atoms with Gasteiger partial charge in [0.15, 0.2) is 0 Å². The number of esters is 1. The Bertz CT molecular complexity index is 333. The minimum atomic E-state index is -0.236. The van der Waals surface area contributed by atoms with Crippen LogP contribution in [0.5, 0.6) is 0 Å². The third-order valence-corrected chi connectivity index (χ3v) is 1.73. The lowest BCUT2D eigenvalue weighted by Gasteiger charge is -2.04. The van der Waals surface area contributed by atoms with E-state index in [9.17, 15) is 4.79 Å². The molecule has 15 heavy (non-hydrogen) atoms. The molecule has 0 spiro atoms. The predicted molar refractivity (Wildman–Crippen MR) is 56.8 cm³/mol. The van der Waals surface area contributed by atoms with Crippen molar-refractivity contribution >= 4 is 23.4 Å². The van der Waals surface area contributed by atoms with E-state index in [0.29, 0.717) is 30.5 Å². The molecular formula is C9H12ClN3O2. The summed E-state index contributed by atoms with van der Waals surface area (Å²) in [5.74, 6) is 0.312. The van der Waals surface area contributed by atoms with Gasteiger partial charge >= 0.3 is 5.97 Å². The van der Waals surface area contributed by atoms with Crippen molar-refractivity contribution in [2.45, 2.75) is 13.3 Å². The minimum absolute atomic E-state index is 0.236. The molecule has 0 atom stereocenters. The van der Waals surface area contributed by atoms with Crippen LogP contribution in [0.1, 0.15) is 13.3 Å². The Morgan fingerprint density at radius 1 is 1.60 bits per heavy atom. The van der Waals surface area contributed by atoms with Gasteiger partial charge in [-0.05, 0) is 6.92 Å². The van der Waals surface area contributed by atoms with Crippen molar-refractivity contribution < 1.29 is 9.53 Å². The first-order valence-corrected chi connectivity index (χ1v) is 4.97. The molecule has 0 aromatic carbocycles. The fraction of sp³-hybridized carbons (Fsp3) is 0.444. The molecule has 5 nitrogen and oxygen atoms in total. The molecule has 1 rings (SSSR count). The number of aromatic nitrogens is 2. The second-order valence-electron chi connectivity index (χ2n) is 2.71. The van der Waals surface area contributed by atoms with Gasteiger partial charge < -0.3 is 10.1 Å². The third-order valence-electron chi connectivity index (χ3n) is 1.55. The standard InChI is InChI=1S/C9H12ClN3O2/c1-2-15-9(14)3-4-12-8-6-11-5-7(10)13-8/h5-6H,2-4H2,1H3,(H,12,13). The van der Waals surface area contributed by atoms with E-state index < -0.39 is 0 Å². The van der Waals surface area contributed by atoms with Crippen molar-refractivity contribution in [1.29, 1.82) is 0 Å². The first kappa shape index (κ1) is 11.7. The SMILES string of the molecule is CCOC(=O)CCNc1cncc(Cl)n1. The lowest BCUT2D eigenvalue weighted by Crippen LogP contribution is -2.12. The summed E-state index contributed by atoms with van der Waals surface area (Å²) >= 11 is 5.63. The van der Waals surface area contributed by atoms with Crippen LogP contribution in [-0.4, -0.2) is 29.1 Å². The number of nitrogens with zero attached hydrogens (tertiary/aromatic N) is 2. The molecule has 6 heteroatoms. The van der Waals surface area contributed by atoms with Crippen LogP contribution in [0.4, 0.5) is 5.82 Å². The Morgan fingerprint density at radius 3 is 3.07 bits per heavy atom. The van der Waals surface area contributed by atoms with E-state index in [2.05, 4.69) is 15.3 Å². The number of anilines is 1. The van der Waals surface area contributed by atoms with Crippen LogP contribution in [0, 0.1) is 0 Å². The molecule has 0 fully saturated rings. The molecule has 82 valence electrons. The van der Waals surface area contributed by atoms with Crippen molar-refractivity contribution in [3.05, 3.63) is 17.5 Å². The average Bonchev–Trinajstić information content (AvgIpc) is 2.18. The summed E-state index contributed by atoms with van der Waals surface area (Å²) in [6.07, 6.45) is 3.27. The number of ether oxygens (including phenoxy) is 1. The van der Waals surface area contributed by atoms with E-state index in [0.717, 1.165) is 0 Å². The van der Waals surface area contributed by atoms with E-state index in [1.165, 1.54) is 12.4 Å². The molecule has 0 aliphatic rings. The van der Waals surface area contributed by atoms with E-state index in [-0.39, 0.29) is 5.97 Å². The minimum Gasteiger partial charge on any atom is -0.466 e. The summed E-state index contributed by atoms with van der Waals surface area (Å²) in [5.41, 5.74) is 0. The summed E-state index contributed by atoms with van der Waals surface area (Å²) in [7, 11) is 0. The zero-order chi connectivity index (χ0) is 11.1. The zero-order valence-corrected chi connectivity index (χ0v) is 9.12. The molecular weight excluding hydrogens is 218 g/mol. The molecule has 0 unspecified atom stereocenters. The van der Waals surface area contributed by atoms with E-state index >= 15 is 0 Å². The van der Waals surface area contributed by atoms with Crippen LogP contribution in [0.3, 0.4) is 0 Å². The topological polar surface area (TPSA) is 64.1 Å². The summed E-state index contributed by atoms with van der Waals surface area (Å²) in [6, 6.07) is 0. The molecule has 0 amide bonds. The maximum Gasteiger partial charge on any atom is 0.307 e. The number of carbonyl (C=O) groups excluding carboxylic acids is 1. The smallest absolute Gasteiger partial charge is 0.307 e. The molecule has 0 aliphatic carbocycles. The van der Waals surface area contributed by atoms with Crippen LogP contribution in [0.25, 0.3) is 0 Å². The van der Waals surface area contributed by atoms with Crippen LogP contribution in [-0.2, 0) is 9.53 Å². The van der Waals surface area contributed by atoms with Gasteiger partial charge in [0.25, 0.3) is 0 Å². The van der Waals surface area contributed by atoms with Gasteiger partial charge in [0.05, 0.1) is 25.4 Å². The van der Waals surface area contributed by atoms with E-state index in [1.807, 2.05) is 0 Å². The van der Waals surface area contributed by atoms with Crippen molar-refractivity contribution in [1.82, 2.24) is 9.97 Å². The highest BCUT2D eigenvalue weighted by molar-refractivity contribution is 6.29. The first-order valence-electron chi connectivity index (χ1n) is 4.59. The second kappa shape index (κ2) is 6.19. The fourth-order valence-corrected chi connectivity index (χ4v) is 1.10. The second-order valence-corrected chi connectivity index (χ2v) is 3.10. The highest BCUT2D eigenvalue weighted by atomic mass is 35.5. The van der Waals surface area contributed by atoms with Crippen LogP contribution < -0.4 is 5.32 Å². The number of nitrogens with one attached hydrogen (secondary N) is 1. The molecule has 1 N–H and O–H groups in total. The van der Waals surface area contributed by atoms with Gasteiger partial charge in [0.1, 0.15) is 11.0 Å². The number of carbonyl (C=O) groups is 1. The quantitative estimate of drug-likeness (QED) is 0.776. The number of hydrogen-bond donors (Lipinski definition) is 1. The molecule has 0 aliphatic heterocycles. The Morgan fingerprint density at radius 2 is 2.40 bits per heavy atom. The first-order chi connectivity index (χ1) is 7.22. The van der Waals surface area contributed by atoms with E-state index in [1.54, 1.807) is 6.92 Å². The maximum atomic E-state index is 11.0. The average molecular weight is 230 g/mol. The Labute approximate surface area is 92.8 Å². The Balaban J connectivity index is 2.28. The lowest BCUT2D eigenvalue weighted by molar-refractivity contribution is -0.142.